The molecule has 2 saturated heterocycles. The van der Waals surface area contributed by atoms with Crippen molar-refractivity contribution in [1.29, 1.82) is 0 Å². The first kappa shape index (κ1) is 44.9. The van der Waals surface area contributed by atoms with Crippen molar-refractivity contribution in [3.8, 4) is 22.6 Å². The minimum atomic E-state index is -0.421. The van der Waals surface area contributed by atoms with Gasteiger partial charge in [-0.1, -0.05) is 237 Å². The molecule has 74 heavy (non-hydrogen) atoms. The van der Waals surface area contributed by atoms with Gasteiger partial charge in [0.05, 0.1) is 11.2 Å². The van der Waals surface area contributed by atoms with E-state index < -0.39 is 14.1 Å². The van der Waals surface area contributed by atoms with E-state index in [0.717, 1.165) is 61.4 Å². The second-order valence-corrected chi connectivity index (χ2v) is 18.9. The third kappa shape index (κ3) is 8.19. The van der Waals surface area contributed by atoms with Gasteiger partial charge in [0.15, 0.2) is 5.82 Å². The number of fused-ring (bicyclic) bond motifs is 2. The lowest BCUT2D eigenvalue weighted by atomic mass is 9.30. The van der Waals surface area contributed by atoms with Crippen LogP contribution in [0, 0.1) is 0 Å². The monoisotopic (exact) mass is 945 g/mol. The van der Waals surface area contributed by atoms with Crippen LogP contribution in [0.2, 0.25) is 0 Å². The van der Waals surface area contributed by atoms with E-state index in [1.165, 1.54) is 10.9 Å². The molecule has 0 radical (unpaired) electrons. The summed E-state index contributed by atoms with van der Waals surface area (Å²) in [5, 5.41) is 1.02. The average Bonchev–Trinajstić information content (AvgIpc) is 3.59. The molecule has 1 aromatic heterocycles. The highest BCUT2D eigenvalue weighted by Crippen LogP contribution is 2.40. The number of hydrogen-bond acceptors (Lipinski definition) is 7. The first-order chi connectivity index (χ1) is 36.8. The van der Waals surface area contributed by atoms with Crippen molar-refractivity contribution in [3.05, 3.63) is 291 Å². The molecule has 0 saturated carbocycles. The van der Waals surface area contributed by atoms with E-state index >= 15 is 0 Å². The van der Waals surface area contributed by atoms with E-state index in [1.807, 2.05) is 0 Å². The third-order valence-corrected chi connectivity index (χ3v) is 14.5. The predicted octanol–water partition coefficient (Wildman–Crippen LogP) is 10.2. The van der Waals surface area contributed by atoms with E-state index in [9.17, 15) is 0 Å². The zero-order valence-corrected chi connectivity index (χ0v) is 40.7. The molecule has 0 bridgehead atoms. The Bertz CT molecular complexity index is 3600. The van der Waals surface area contributed by atoms with Crippen LogP contribution in [0.5, 0.6) is 0 Å². The van der Waals surface area contributed by atoms with E-state index in [-0.39, 0.29) is 20.9 Å². The van der Waals surface area contributed by atoms with Gasteiger partial charge in [-0.15, -0.1) is 0 Å². The standard InChI is InChI=1S/C62H48B5N7/c1-9-28-49(29-10-1)61-59-46-25-26-47-60(59)68-62(69-61)50-30-27-37-54(48-50)66-71(56-40-19-6-20-41-56)64(52-33-13-3-14-34-52)73(58-44-23-8-24-45-58)67-72(57-42-21-7-22-43-57)63(51-31-11-2-12-32-51)70(55-38-17-5-18-39-55)65(74(66)67)53-35-15-4-16-36-53/h1-48H. The maximum absolute atomic E-state index is 5.45. The molecule has 346 valence electrons. The number of nitrogens with zero attached hydrogens (tertiary/aromatic N) is 7. The minimum Gasteiger partial charge on any atom is -0.422 e. The Morgan fingerprint density at radius 1 is 0.270 bits per heavy atom. The molecule has 0 atom stereocenters. The lowest BCUT2D eigenvalue weighted by Gasteiger charge is -2.65. The van der Waals surface area contributed by atoms with Gasteiger partial charge in [0.25, 0.3) is 0 Å². The van der Waals surface area contributed by atoms with Crippen molar-refractivity contribution >= 4 is 90.6 Å². The molecule has 7 nitrogen and oxygen atoms in total. The first-order valence-corrected chi connectivity index (χ1v) is 25.5. The molecule has 2 aliphatic rings. The summed E-state index contributed by atoms with van der Waals surface area (Å²) in [6.07, 6.45) is 0. The maximum Gasteiger partial charge on any atom is 0.428 e. The molecule has 0 aliphatic carbocycles. The van der Waals surface area contributed by atoms with Gasteiger partial charge >= 0.3 is 35.0 Å². The van der Waals surface area contributed by atoms with Crippen LogP contribution in [0.3, 0.4) is 0 Å². The SMILES string of the molecule is c1ccc(B2N3B(c4cccc(-c5nc(-c6ccccc6)c6ccccc6n5)c4)N(c4ccccc4)B(c4ccccc4)N(c4ccccc4)B3N(c3ccccc3)B(c3ccccc3)N2c2ccccc2)cc1. The zero-order valence-electron chi connectivity index (χ0n) is 40.7. The number of para-hydroxylation sites is 5. The van der Waals surface area contributed by atoms with Gasteiger partial charge in [-0.2, -0.15) is 0 Å². The average molecular weight is 945 g/mol. The number of rotatable bonds is 10. The summed E-state index contributed by atoms with van der Waals surface area (Å²) in [5.74, 6) is 0.674. The van der Waals surface area contributed by atoms with Crippen LogP contribution in [0.4, 0.5) is 22.7 Å². The molecule has 10 aromatic carbocycles. The Hall–Kier alpha value is -8.98. The van der Waals surface area contributed by atoms with Gasteiger partial charge in [-0.05, 0) is 76.4 Å². The summed E-state index contributed by atoms with van der Waals surface area (Å²) in [7, 11) is -0.421. The summed E-state index contributed by atoms with van der Waals surface area (Å²) >= 11 is 0. The molecule has 12 heteroatoms. The maximum atomic E-state index is 5.45. The summed E-state index contributed by atoms with van der Waals surface area (Å²) in [5.41, 5.74) is 12.8. The van der Waals surface area contributed by atoms with Crippen molar-refractivity contribution in [1.82, 2.24) is 14.6 Å². The lowest BCUT2D eigenvalue weighted by Crippen LogP contribution is -2.96. The molecule has 13 rings (SSSR count). The molecule has 11 aromatic rings. The highest BCUT2D eigenvalue weighted by atomic mass is 15.4. The fourth-order valence-corrected chi connectivity index (χ4v) is 11.4. The highest BCUT2D eigenvalue weighted by molar-refractivity contribution is 7.20. The molecule has 0 spiro atoms. The van der Waals surface area contributed by atoms with Crippen LogP contribution < -0.4 is 40.7 Å². The van der Waals surface area contributed by atoms with Crippen LogP contribution in [0.15, 0.2) is 291 Å². The van der Waals surface area contributed by atoms with Crippen molar-refractivity contribution in [2.24, 2.45) is 0 Å². The molecule has 0 amide bonds. The smallest absolute Gasteiger partial charge is 0.422 e. The van der Waals surface area contributed by atoms with E-state index in [4.69, 9.17) is 9.97 Å². The van der Waals surface area contributed by atoms with Gasteiger partial charge in [-0.3, -0.25) is 0 Å². The Labute approximate surface area is 435 Å². The Morgan fingerprint density at radius 3 is 1.09 bits per heavy atom. The number of benzene rings is 10. The first-order valence-electron chi connectivity index (χ1n) is 25.5. The fraction of sp³-hybridized carbons (Fsp3) is 0. The molecule has 0 unspecified atom stereocenters. The quantitative estimate of drug-likeness (QED) is 0.127. The second-order valence-electron chi connectivity index (χ2n) is 18.9. The van der Waals surface area contributed by atoms with Gasteiger partial charge in [-0.25, -0.2) is 9.97 Å². The number of hydrogen-bond donors (Lipinski definition) is 0. The van der Waals surface area contributed by atoms with Gasteiger partial charge in [0, 0.05) is 39.3 Å². The molecular weight excluding hydrogens is 897 g/mol. The van der Waals surface area contributed by atoms with Gasteiger partial charge < -0.3 is 23.5 Å². The zero-order chi connectivity index (χ0) is 49.2. The topological polar surface area (TPSA) is 42.0 Å². The summed E-state index contributed by atoms with van der Waals surface area (Å²) in [4.78, 5) is 10.8. The number of aromatic nitrogens is 2. The van der Waals surface area contributed by atoms with Gasteiger partial charge in [0.2, 0.25) is 0 Å². The van der Waals surface area contributed by atoms with Crippen LogP contribution >= 0.6 is 0 Å². The van der Waals surface area contributed by atoms with Crippen molar-refractivity contribution in [2.45, 2.75) is 0 Å². The molecule has 2 aliphatic heterocycles. The molecule has 2 fully saturated rings. The normalized spacial score (nSPS) is 13.9. The van der Waals surface area contributed by atoms with Crippen LogP contribution in [0.1, 0.15) is 0 Å². The van der Waals surface area contributed by atoms with Crippen molar-refractivity contribution in [2.75, 3.05) is 18.9 Å². The third-order valence-electron chi connectivity index (χ3n) is 14.5. The Balaban J connectivity index is 1.16. The number of anilines is 4. The van der Waals surface area contributed by atoms with Crippen molar-refractivity contribution in [3.63, 3.8) is 0 Å². The van der Waals surface area contributed by atoms with E-state index in [2.05, 4.69) is 315 Å². The lowest BCUT2D eigenvalue weighted by molar-refractivity contribution is 0.923. The highest BCUT2D eigenvalue weighted by Gasteiger charge is 2.66. The molecule has 3 heterocycles. The summed E-state index contributed by atoms with van der Waals surface area (Å²) < 4.78 is 13.4. The molecule has 0 N–H and O–H groups in total. The fourth-order valence-electron chi connectivity index (χ4n) is 11.4. The Morgan fingerprint density at radius 2 is 0.622 bits per heavy atom. The summed E-state index contributed by atoms with van der Waals surface area (Å²) in [6.45, 7) is -1.40. The largest absolute Gasteiger partial charge is 0.428 e. The van der Waals surface area contributed by atoms with Crippen LogP contribution in [-0.2, 0) is 0 Å². The molecular formula is C62H48B5N7. The Kier molecular flexibility index (Phi) is 12.1. The van der Waals surface area contributed by atoms with Gasteiger partial charge in [0.1, 0.15) is 0 Å². The van der Waals surface area contributed by atoms with Crippen LogP contribution in [-0.4, -0.2) is 49.6 Å². The van der Waals surface area contributed by atoms with E-state index in [1.54, 1.807) is 0 Å². The van der Waals surface area contributed by atoms with Crippen molar-refractivity contribution < 1.29 is 0 Å². The van der Waals surface area contributed by atoms with E-state index in [0.29, 0.717) is 5.82 Å². The predicted molar refractivity (Wildman–Crippen MR) is 315 cm³/mol. The van der Waals surface area contributed by atoms with Crippen LogP contribution in [0.25, 0.3) is 33.5 Å². The summed E-state index contributed by atoms with van der Waals surface area (Å²) in [6, 6.07) is 105. The second kappa shape index (κ2) is 19.9. The minimum absolute atomic E-state index is 0.298.